The number of nitrogens with zero attached hydrogens (tertiary/aromatic N) is 3. The molecule has 0 atom stereocenters. The summed E-state index contributed by atoms with van der Waals surface area (Å²) in [5.41, 5.74) is 0.0208. The molecular formula is C19H22N4O3. The van der Waals surface area contributed by atoms with Crippen LogP contribution in [0.4, 0.5) is 0 Å². The molecule has 0 saturated carbocycles. The lowest BCUT2D eigenvalue weighted by Gasteiger charge is -2.36. The van der Waals surface area contributed by atoms with Gasteiger partial charge in [0.15, 0.2) is 0 Å². The largest absolute Gasteiger partial charge is 0.338 e. The monoisotopic (exact) mass is 354 g/mol. The highest BCUT2D eigenvalue weighted by Crippen LogP contribution is 2.23. The van der Waals surface area contributed by atoms with Gasteiger partial charge in [-0.2, -0.15) is 5.26 Å². The number of rotatable bonds is 5. The van der Waals surface area contributed by atoms with Gasteiger partial charge in [-0.1, -0.05) is 12.1 Å². The second kappa shape index (κ2) is 7.26. The fraction of sp³-hybridized carbons (Fsp3) is 0.474. The van der Waals surface area contributed by atoms with Gasteiger partial charge < -0.3 is 10.2 Å². The standard InChI is InChI=1S/C19H22N4O3/c1-22-11-8-19(13-20,9-12-22)21-16(24)7-4-10-23-17(25)14-5-2-3-6-15(14)18(23)26/h2-3,5-6H,4,7-12H2,1H3,(H,21,24). The molecule has 0 aliphatic carbocycles. The van der Waals surface area contributed by atoms with Crippen LogP contribution >= 0.6 is 0 Å². The van der Waals surface area contributed by atoms with E-state index in [1.54, 1.807) is 24.3 Å². The topological polar surface area (TPSA) is 93.5 Å². The summed E-state index contributed by atoms with van der Waals surface area (Å²) in [6.45, 7) is 1.73. The minimum absolute atomic E-state index is 0.173. The number of hydrogen-bond donors (Lipinski definition) is 1. The van der Waals surface area contributed by atoms with E-state index in [1.807, 2.05) is 7.05 Å². The van der Waals surface area contributed by atoms with Crippen LogP contribution in [0.25, 0.3) is 0 Å². The highest BCUT2D eigenvalue weighted by atomic mass is 16.2. The van der Waals surface area contributed by atoms with Crippen LogP contribution in [0.2, 0.25) is 0 Å². The van der Waals surface area contributed by atoms with Crippen LogP contribution in [0.3, 0.4) is 0 Å². The number of nitrogens with one attached hydrogen (secondary N) is 1. The van der Waals surface area contributed by atoms with Gasteiger partial charge in [-0.05, 0) is 38.4 Å². The molecule has 1 aromatic rings. The lowest BCUT2D eigenvalue weighted by molar-refractivity contribution is -0.123. The first-order valence-electron chi connectivity index (χ1n) is 8.82. The van der Waals surface area contributed by atoms with Crippen LogP contribution in [0.15, 0.2) is 24.3 Å². The molecule has 3 rings (SSSR count). The molecule has 2 aliphatic heterocycles. The molecule has 3 amide bonds. The summed E-state index contributed by atoms with van der Waals surface area (Å²) >= 11 is 0. The quantitative estimate of drug-likeness (QED) is 0.801. The first-order valence-corrected chi connectivity index (χ1v) is 8.82. The van der Waals surface area contributed by atoms with Crippen LogP contribution in [-0.4, -0.2) is 59.7 Å². The highest BCUT2D eigenvalue weighted by Gasteiger charge is 2.36. The Kier molecular flexibility index (Phi) is 5.05. The van der Waals surface area contributed by atoms with Crippen molar-refractivity contribution in [1.82, 2.24) is 15.1 Å². The van der Waals surface area contributed by atoms with Crippen molar-refractivity contribution < 1.29 is 14.4 Å². The predicted octanol–water partition coefficient (Wildman–Crippen LogP) is 1.17. The summed E-state index contributed by atoms with van der Waals surface area (Å²) in [5.74, 6) is -0.836. The van der Waals surface area contributed by atoms with E-state index in [0.717, 1.165) is 13.1 Å². The number of piperidine rings is 1. The zero-order valence-electron chi connectivity index (χ0n) is 14.8. The van der Waals surface area contributed by atoms with Gasteiger partial charge in [0.05, 0.1) is 17.2 Å². The smallest absolute Gasteiger partial charge is 0.261 e. The fourth-order valence-corrected chi connectivity index (χ4v) is 3.43. The molecule has 0 radical (unpaired) electrons. The first kappa shape index (κ1) is 18.1. The Balaban J connectivity index is 1.51. The Labute approximate surface area is 152 Å². The number of carbonyl (C=O) groups is 3. The summed E-state index contributed by atoms with van der Waals surface area (Å²) in [7, 11) is 1.99. The van der Waals surface area contributed by atoms with E-state index >= 15 is 0 Å². The average Bonchev–Trinajstić information content (AvgIpc) is 2.89. The number of hydrogen-bond acceptors (Lipinski definition) is 5. The summed E-state index contributed by atoms with van der Waals surface area (Å²) in [5, 5.41) is 12.3. The normalized spacial score (nSPS) is 19.2. The summed E-state index contributed by atoms with van der Waals surface area (Å²) in [4.78, 5) is 40.1. The van der Waals surface area contributed by atoms with E-state index in [2.05, 4.69) is 16.3 Å². The Morgan fingerprint density at radius 1 is 1.19 bits per heavy atom. The van der Waals surface area contributed by atoms with Gasteiger partial charge in [0, 0.05) is 26.1 Å². The summed E-state index contributed by atoms with van der Waals surface area (Å²) < 4.78 is 0. The maximum atomic E-state index is 12.3. The van der Waals surface area contributed by atoms with Gasteiger partial charge in [-0.3, -0.25) is 19.3 Å². The minimum atomic E-state index is -0.806. The molecule has 7 nitrogen and oxygen atoms in total. The Morgan fingerprint density at radius 3 is 2.31 bits per heavy atom. The number of benzene rings is 1. The molecule has 0 bridgehead atoms. The average molecular weight is 354 g/mol. The van der Waals surface area contributed by atoms with E-state index in [1.165, 1.54) is 4.90 Å². The Hall–Kier alpha value is -2.72. The van der Waals surface area contributed by atoms with Crippen LogP contribution < -0.4 is 5.32 Å². The Morgan fingerprint density at radius 2 is 1.77 bits per heavy atom. The molecule has 26 heavy (non-hydrogen) atoms. The van der Waals surface area contributed by atoms with E-state index in [4.69, 9.17) is 0 Å². The summed E-state index contributed by atoms with van der Waals surface area (Å²) in [6.07, 6.45) is 1.75. The van der Waals surface area contributed by atoms with Gasteiger partial charge in [-0.25, -0.2) is 0 Å². The third-order valence-corrected chi connectivity index (χ3v) is 5.10. The van der Waals surface area contributed by atoms with Crippen LogP contribution in [0, 0.1) is 11.3 Å². The second-order valence-corrected chi connectivity index (χ2v) is 6.96. The molecular weight excluding hydrogens is 332 g/mol. The van der Waals surface area contributed by atoms with Crippen LogP contribution in [-0.2, 0) is 4.79 Å². The van der Waals surface area contributed by atoms with E-state index in [9.17, 15) is 19.6 Å². The SMILES string of the molecule is CN1CCC(C#N)(NC(=O)CCCN2C(=O)c3ccccc3C2=O)CC1. The van der Waals surface area contributed by atoms with Crippen LogP contribution in [0.5, 0.6) is 0 Å². The van der Waals surface area contributed by atoms with Gasteiger partial charge in [0.25, 0.3) is 11.8 Å². The van der Waals surface area contributed by atoms with E-state index < -0.39 is 5.54 Å². The molecule has 1 aromatic carbocycles. The summed E-state index contributed by atoms with van der Waals surface area (Å²) in [6, 6.07) is 8.98. The molecule has 1 saturated heterocycles. The lowest BCUT2D eigenvalue weighted by Crippen LogP contribution is -2.53. The molecule has 0 unspecified atom stereocenters. The van der Waals surface area contributed by atoms with Crippen molar-refractivity contribution in [1.29, 1.82) is 5.26 Å². The van der Waals surface area contributed by atoms with Crippen molar-refractivity contribution in [3.8, 4) is 6.07 Å². The number of amides is 3. The number of likely N-dealkylation sites (tertiary alicyclic amines) is 1. The van der Waals surface area contributed by atoms with E-state index in [-0.39, 0.29) is 30.7 Å². The first-order chi connectivity index (χ1) is 12.5. The van der Waals surface area contributed by atoms with Crippen LogP contribution in [0.1, 0.15) is 46.4 Å². The van der Waals surface area contributed by atoms with Crippen molar-refractivity contribution in [3.63, 3.8) is 0 Å². The maximum Gasteiger partial charge on any atom is 0.261 e. The number of fused-ring (bicyclic) bond motifs is 1. The molecule has 2 heterocycles. The van der Waals surface area contributed by atoms with Crippen molar-refractivity contribution in [3.05, 3.63) is 35.4 Å². The number of carbonyl (C=O) groups excluding carboxylic acids is 3. The van der Waals surface area contributed by atoms with Crippen molar-refractivity contribution >= 4 is 17.7 Å². The molecule has 7 heteroatoms. The molecule has 2 aliphatic rings. The molecule has 1 N–H and O–H groups in total. The fourth-order valence-electron chi connectivity index (χ4n) is 3.43. The van der Waals surface area contributed by atoms with E-state index in [0.29, 0.717) is 30.4 Å². The van der Waals surface area contributed by atoms with Gasteiger partial charge in [-0.15, -0.1) is 0 Å². The predicted molar refractivity (Wildman–Crippen MR) is 94.3 cm³/mol. The maximum absolute atomic E-state index is 12.3. The molecule has 0 aromatic heterocycles. The number of nitriles is 1. The zero-order chi connectivity index (χ0) is 18.7. The lowest BCUT2D eigenvalue weighted by atomic mass is 9.89. The molecule has 1 fully saturated rings. The van der Waals surface area contributed by atoms with Crippen molar-refractivity contribution in [2.24, 2.45) is 0 Å². The highest BCUT2D eigenvalue weighted by molar-refractivity contribution is 6.21. The molecule has 136 valence electrons. The zero-order valence-corrected chi connectivity index (χ0v) is 14.8. The second-order valence-electron chi connectivity index (χ2n) is 6.96. The third kappa shape index (κ3) is 3.46. The molecule has 0 spiro atoms. The third-order valence-electron chi connectivity index (χ3n) is 5.10. The Bertz CT molecular complexity index is 740. The van der Waals surface area contributed by atoms with Gasteiger partial charge >= 0.3 is 0 Å². The van der Waals surface area contributed by atoms with Gasteiger partial charge in [0.2, 0.25) is 5.91 Å². The number of imide groups is 1. The minimum Gasteiger partial charge on any atom is -0.338 e. The van der Waals surface area contributed by atoms with Gasteiger partial charge in [0.1, 0.15) is 5.54 Å². The van der Waals surface area contributed by atoms with Crippen molar-refractivity contribution in [2.75, 3.05) is 26.7 Å². The van der Waals surface area contributed by atoms with Crippen molar-refractivity contribution in [2.45, 2.75) is 31.2 Å².